The molecule has 0 atom stereocenters. The van der Waals surface area contributed by atoms with Crippen LogP contribution >= 0.6 is 11.9 Å². The lowest BCUT2D eigenvalue weighted by molar-refractivity contribution is -0.269. The Balaban J connectivity index is 3.11. The van der Waals surface area contributed by atoms with Crippen LogP contribution in [0.15, 0.2) is 24.3 Å². The van der Waals surface area contributed by atoms with Crippen LogP contribution < -0.4 is 4.40 Å². The maximum atomic E-state index is 12.9. The molecule has 0 aliphatic rings. The summed E-state index contributed by atoms with van der Waals surface area (Å²) in [6.45, 7) is 5.38. The van der Waals surface area contributed by atoms with Crippen molar-refractivity contribution < 1.29 is 22.0 Å². The van der Waals surface area contributed by atoms with Gasteiger partial charge >= 0.3 is 11.9 Å². The fraction of sp³-hybridized carbons (Fsp3) is 0.417. The first-order valence-corrected chi connectivity index (χ1v) is 6.05. The number of halogens is 4. The first-order chi connectivity index (χ1) is 8.09. The van der Waals surface area contributed by atoms with E-state index in [1.54, 1.807) is 20.8 Å². The minimum absolute atomic E-state index is 0.0827. The topological polar surface area (TPSA) is 14.0 Å². The van der Waals surface area contributed by atoms with Gasteiger partial charge in [0.1, 0.15) is 5.82 Å². The predicted octanol–water partition coefficient (Wildman–Crippen LogP) is 2.70. The Kier molecular flexibility index (Phi) is 4.42. The number of nitrogens with one attached hydrogen (secondary N) is 1. The molecule has 0 heterocycles. The lowest BCUT2D eigenvalue weighted by Gasteiger charge is -2.10. The lowest BCUT2D eigenvalue weighted by Crippen LogP contribution is -2.70. The molecule has 1 aromatic carbocycles. The Morgan fingerprint density at radius 2 is 1.56 bits per heavy atom. The van der Waals surface area contributed by atoms with Crippen LogP contribution in [0.2, 0.25) is 0 Å². The van der Waals surface area contributed by atoms with E-state index in [1.807, 2.05) is 0 Å². The standard InChI is InChI=1S/C12H13F4NS/c1-11(2,3)18-17-10(12(14,15)16)8-4-6-9(13)7-5-8/h4-7H,1-3H3/p+1. The van der Waals surface area contributed by atoms with E-state index in [4.69, 9.17) is 0 Å². The van der Waals surface area contributed by atoms with E-state index in [0.29, 0.717) is 0 Å². The van der Waals surface area contributed by atoms with Gasteiger partial charge in [-0.15, -0.1) is 0 Å². The SMILES string of the molecule is CC(C)(C)S[NH+]=C(c1ccc(F)cc1)C(F)(F)F. The second-order valence-electron chi connectivity index (χ2n) is 4.70. The third-order valence-electron chi connectivity index (χ3n) is 1.88. The second-order valence-corrected chi connectivity index (χ2v) is 6.33. The van der Waals surface area contributed by atoms with Gasteiger partial charge < -0.3 is 0 Å². The molecule has 0 radical (unpaired) electrons. The van der Waals surface area contributed by atoms with Crippen LogP contribution in [-0.4, -0.2) is 16.6 Å². The fourth-order valence-corrected chi connectivity index (χ4v) is 1.74. The number of rotatable bonds is 2. The molecule has 0 spiro atoms. The van der Waals surface area contributed by atoms with Crippen LogP contribution in [0.4, 0.5) is 17.6 Å². The van der Waals surface area contributed by atoms with Crippen LogP contribution in [0.5, 0.6) is 0 Å². The van der Waals surface area contributed by atoms with Crippen LogP contribution in [0.3, 0.4) is 0 Å². The first-order valence-electron chi connectivity index (χ1n) is 5.24. The summed E-state index contributed by atoms with van der Waals surface area (Å²) in [6, 6.07) is 4.22. The van der Waals surface area contributed by atoms with E-state index < -0.39 is 17.7 Å². The maximum absolute atomic E-state index is 12.9. The van der Waals surface area contributed by atoms with Crippen molar-refractivity contribution in [3.8, 4) is 0 Å². The minimum atomic E-state index is -4.50. The molecule has 1 aromatic rings. The average molecular weight is 280 g/mol. The number of hydrogen-bond donors (Lipinski definition) is 1. The van der Waals surface area contributed by atoms with Crippen molar-refractivity contribution in [2.24, 2.45) is 0 Å². The van der Waals surface area contributed by atoms with E-state index in [1.165, 1.54) is 0 Å². The van der Waals surface area contributed by atoms with Gasteiger partial charge in [-0.2, -0.15) is 17.6 Å². The minimum Gasteiger partial charge on any atom is -0.207 e. The summed E-state index contributed by atoms with van der Waals surface area (Å²) in [5.41, 5.74) is -0.955. The van der Waals surface area contributed by atoms with E-state index in [9.17, 15) is 17.6 Å². The molecule has 1 N–H and O–H groups in total. The highest BCUT2D eigenvalue weighted by Gasteiger charge is 2.43. The van der Waals surface area contributed by atoms with Crippen molar-refractivity contribution in [2.75, 3.05) is 0 Å². The summed E-state index contributed by atoms with van der Waals surface area (Å²) in [4.78, 5) is 0. The first kappa shape index (κ1) is 15.0. The Morgan fingerprint density at radius 1 is 1.06 bits per heavy atom. The van der Waals surface area contributed by atoms with Crippen molar-refractivity contribution in [1.82, 2.24) is 0 Å². The molecule has 1 rings (SSSR count). The summed E-state index contributed by atoms with van der Waals surface area (Å²) in [5, 5.41) is 0. The summed E-state index contributed by atoms with van der Waals surface area (Å²) >= 11 is 0.967. The Morgan fingerprint density at radius 3 is 1.94 bits per heavy atom. The van der Waals surface area contributed by atoms with Gasteiger partial charge in [-0.05, 0) is 45.0 Å². The average Bonchev–Trinajstić information content (AvgIpc) is 2.17. The quantitative estimate of drug-likeness (QED) is 0.500. The molecule has 0 saturated heterocycles. The Bertz CT molecular complexity index is 429. The van der Waals surface area contributed by atoms with Gasteiger partial charge in [0.25, 0.3) is 0 Å². The van der Waals surface area contributed by atoms with E-state index >= 15 is 0 Å². The van der Waals surface area contributed by atoms with Crippen molar-refractivity contribution >= 4 is 17.7 Å². The van der Waals surface area contributed by atoms with Crippen LogP contribution in [0.25, 0.3) is 0 Å². The summed E-state index contributed by atoms with van der Waals surface area (Å²) in [7, 11) is 0. The molecule has 0 amide bonds. The molecule has 0 bridgehead atoms. The molecular formula is C12H14F4NS+. The van der Waals surface area contributed by atoms with Gasteiger partial charge in [-0.1, -0.05) is 0 Å². The normalized spacial score (nSPS) is 13.8. The Labute approximate surface area is 107 Å². The van der Waals surface area contributed by atoms with Crippen molar-refractivity contribution in [1.29, 1.82) is 0 Å². The predicted molar refractivity (Wildman–Crippen MR) is 64.9 cm³/mol. The summed E-state index contributed by atoms with van der Waals surface area (Å²) in [5.74, 6) is -0.566. The highest BCUT2D eigenvalue weighted by Crippen LogP contribution is 2.21. The zero-order valence-corrected chi connectivity index (χ0v) is 11.0. The molecule has 6 heteroatoms. The van der Waals surface area contributed by atoms with Gasteiger partial charge in [-0.25, -0.2) is 4.39 Å². The van der Waals surface area contributed by atoms with Crippen LogP contribution in [0.1, 0.15) is 26.3 Å². The number of benzene rings is 1. The van der Waals surface area contributed by atoms with Gasteiger partial charge in [0.2, 0.25) is 0 Å². The molecule has 0 saturated carbocycles. The van der Waals surface area contributed by atoms with Gasteiger partial charge in [0, 0.05) is 0 Å². The zero-order chi connectivity index (χ0) is 14.0. The molecule has 0 aliphatic carbocycles. The largest absolute Gasteiger partial charge is 0.478 e. The van der Waals surface area contributed by atoms with Crippen LogP contribution in [0, 0.1) is 5.82 Å². The van der Waals surface area contributed by atoms with E-state index in [-0.39, 0.29) is 10.3 Å². The van der Waals surface area contributed by atoms with Crippen molar-refractivity contribution in [2.45, 2.75) is 31.7 Å². The molecular weight excluding hydrogens is 266 g/mol. The fourth-order valence-electron chi connectivity index (χ4n) is 1.10. The smallest absolute Gasteiger partial charge is 0.207 e. The molecule has 0 fully saturated rings. The molecule has 0 aliphatic heterocycles. The Hall–Kier alpha value is -1.04. The molecule has 0 unspecified atom stereocenters. The maximum Gasteiger partial charge on any atom is 0.478 e. The van der Waals surface area contributed by atoms with Crippen molar-refractivity contribution in [3.63, 3.8) is 0 Å². The second kappa shape index (κ2) is 5.30. The molecule has 0 aromatic heterocycles. The molecule has 100 valence electrons. The third-order valence-corrected chi connectivity index (χ3v) is 2.79. The van der Waals surface area contributed by atoms with E-state index in [2.05, 4.69) is 4.40 Å². The summed E-state index contributed by atoms with van der Waals surface area (Å²) in [6.07, 6.45) is -4.50. The van der Waals surface area contributed by atoms with Gasteiger partial charge in [0.05, 0.1) is 10.3 Å². The third kappa shape index (κ3) is 4.68. The van der Waals surface area contributed by atoms with Crippen LogP contribution in [-0.2, 0) is 0 Å². The highest BCUT2D eigenvalue weighted by atomic mass is 32.2. The number of hydrogen-bond acceptors (Lipinski definition) is 1. The molecule has 18 heavy (non-hydrogen) atoms. The lowest BCUT2D eigenvalue weighted by atomic mass is 10.1. The van der Waals surface area contributed by atoms with Gasteiger partial charge in [0.15, 0.2) is 11.9 Å². The monoisotopic (exact) mass is 280 g/mol. The van der Waals surface area contributed by atoms with E-state index in [0.717, 1.165) is 36.2 Å². The summed E-state index contributed by atoms with van der Waals surface area (Å²) < 4.78 is 53.3. The van der Waals surface area contributed by atoms with Crippen molar-refractivity contribution in [3.05, 3.63) is 35.6 Å². The van der Waals surface area contributed by atoms with Gasteiger partial charge in [-0.3, -0.25) is 0 Å². The zero-order valence-electron chi connectivity index (χ0n) is 10.2. The number of alkyl halides is 3. The molecule has 1 nitrogen and oxygen atoms in total. The highest BCUT2D eigenvalue weighted by molar-refractivity contribution is 7.94.